The molecule has 0 unspecified atom stereocenters. The summed E-state index contributed by atoms with van der Waals surface area (Å²) in [5.41, 5.74) is 0.675. The standard InChI is InChI=1S/C20H29FN2O3/c1-25-18-5-6-19(21)17(13-18)15-22-8-2-3-16(14-22)4-7-20(24)23-9-11-26-12-10-23/h5-6,13,16H,2-4,7-12,14-15H2,1H3/t16-/m0/s1. The van der Waals surface area contributed by atoms with Gasteiger partial charge >= 0.3 is 0 Å². The summed E-state index contributed by atoms with van der Waals surface area (Å²) in [7, 11) is 1.60. The molecule has 144 valence electrons. The number of morpholine rings is 1. The molecule has 3 rings (SSSR count). The van der Waals surface area contributed by atoms with Gasteiger partial charge in [0.1, 0.15) is 11.6 Å². The zero-order chi connectivity index (χ0) is 18.4. The molecule has 0 saturated carbocycles. The first-order valence-electron chi connectivity index (χ1n) is 9.56. The number of likely N-dealkylation sites (tertiary alicyclic amines) is 1. The number of piperidine rings is 1. The van der Waals surface area contributed by atoms with Crippen molar-refractivity contribution in [3.63, 3.8) is 0 Å². The Morgan fingerprint density at radius 2 is 2.12 bits per heavy atom. The lowest BCUT2D eigenvalue weighted by molar-refractivity contribution is -0.135. The van der Waals surface area contributed by atoms with Crippen LogP contribution in [0.1, 0.15) is 31.2 Å². The van der Waals surface area contributed by atoms with E-state index in [1.54, 1.807) is 19.2 Å². The van der Waals surface area contributed by atoms with Gasteiger partial charge in [-0.3, -0.25) is 9.69 Å². The van der Waals surface area contributed by atoms with Crippen LogP contribution in [0.15, 0.2) is 18.2 Å². The van der Waals surface area contributed by atoms with E-state index in [-0.39, 0.29) is 11.7 Å². The molecule has 0 aliphatic carbocycles. The fraction of sp³-hybridized carbons (Fsp3) is 0.650. The van der Waals surface area contributed by atoms with Gasteiger partial charge in [0.25, 0.3) is 0 Å². The second-order valence-corrected chi connectivity index (χ2v) is 7.23. The number of nitrogens with zero attached hydrogens (tertiary/aromatic N) is 2. The molecule has 0 radical (unpaired) electrons. The average Bonchev–Trinajstić information content (AvgIpc) is 2.69. The van der Waals surface area contributed by atoms with Crippen LogP contribution < -0.4 is 4.74 Å². The minimum Gasteiger partial charge on any atom is -0.497 e. The Balaban J connectivity index is 1.48. The van der Waals surface area contributed by atoms with Crippen LogP contribution >= 0.6 is 0 Å². The van der Waals surface area contributed by atoms with Crippen LogP contribution in [0.25, 0.3) is 0 Å². The number of hydrogen-bond donors (Lipinski definition) is 0. The number of methoxy groups -OCH3 is 1. The van der Waals surface area contributed by atoms with Gasteiger partial charge in [0.05, 0.1) is 20.3 Å². The Morgan fingerprint density at radius 1 is 1.31 bits per heavy atom. The molecular weight excluding hydrogens is 335 g/mol. The number of benzene rings is 1. The van der Waals surface area contributed by atoms with Crippen LogP contribution in [0.2, 0.25) is 0 Å². The molecule has 2 aliphatic rings. The number of hydrogen-bond acceptors (Lipinski definition) is 4. The lowest BCUT2D eigenvalue weighted by atomic mass is 9.92. The molecule has 2 heterocycles. The van der Waals surface area contributed by atoms with E-state index >= 15 is 0 Å². The van der Waals surface area contributed by atoms with E-state index in [0.29, 0.717) is 56.5 Å². The molecule has 0 aromatic heterocycles. The van der Waals surface area contributed by atoms with Crippen molar-refractivity contribution in [1.29, 1.82) is 0 Å². The highest BCUT2D eigenvalue weighted by Gasteiger charge is 2.23. The first-order chi connectivity index (χ1) is 12.7. The number of amides is 1. The predicted molar refractivity (Wildman–Crippen MR) is 97.6 cm³/mol. The van der Waals surface area contributed by atoms with Crippen LogP contribution in [0.3, 0.4) is 0 Å². The van der Waals surface area contributed by atoms with Gasteiger partial charge in [0, 0.05) is 38.2 Å². The average molecular weight is 364 g/mol. The molecule has 1 aromatic carbocycles. The lowest BCUT2D eigenvalue weighted by Gasteiger charge is -2.33. The Labute approximate surface area is 155 Å². The third-order valence-corrected chi connectivity index (χ3v) is 5.38. The van der Waals surface area contributed by atoms with Crippen molar-refractivity contribution in [2.45, 2.75) is 32.2 Å². The third-order valence-electron chi connectivity index (χ3n) is 5.38. The second kappa shape index (κ2) is 9.33. The number of halogens is 1. The molecule has 0 bridgehead atoms. The van der Waals surface area contributed by atoms with Gasteiger partial charge in [-0.05, 0) is 49.9 Å². The van der Waals surface area contributed by atoms with Crippen LogP contribution in [0, 0.1) is 11.7 Å². The van der Waals surface area contributed by atoms with E-state index in [4.69, 9.17) is 9.47 Å². The minimum absolute atomic E-state index is 0.185. The third kappa shape index (κ3) is 5.17. The molecule has 26 heavy (non-hydrogen) atoms. The van der Waals surface area contributed by atoms with E-state index in [2.05, 4.69) is 4.90 Å². The molecule has 1 aromatic rings. The Kier molecular flexibility index (Phi) is 6.86. The predicted octanol–water partition coefficient (Wildman–Crippen LogP) is 2.69. The molecule has 2 fully saturated rings. The molecule has 1 atom stereocenters. The largest absolute Gasteiger partial charge is 0.497 e. The lowest BCUT2D eigenvalue weighted by Crippen LogP contribution is -2.41. The Bertz CT molecular complexity index is 605. The highest BCUT2D eigenvalue weighted by molar-refractivity contribution is 5.76. The van der Waals surface area contributed by atoms with Crippen molar-refractivity contribution < 1.29 is 18.7 Å². The number of carbonyl (C=O) groups is 1. The Hall–Kier alpha value is -1.66. The van der Waals surface area contributed by atoms with Crippen molar-refractivity contribution in [2.75, 3.05) is 46.5 Å². The van der Waals surface area contributed by atoms with Gasteiger partial charge in [-0.15, -0.1) is 0 Å². The van der Waals surface area contributed by atoms with Crippen LogP contribution in [-0.2, 0) is 16.1 Å². The maximum atomic E-state index is 14.1. The monoisotopic (exact) mass is 364 g/mol. The molecule has 1 amide bonds. The van der Waals surface area contributed by atoms with Gasteiger partial charge in [0.15, 0.2) is 0 Å². The molecule has 6 heteroatoms. The zero-order valence-corrected chi connectivity index (χ0v) is 15.6. The van der Waals surface area contributed by atoms with E-state index < -0.39 is 0 Å². The summed E-state index contributed by atoms with van der Waals surface area (Å²) in [5, 5.41) is 0. The molecule has 2 aliphatic heterocycles. The highest BCUT2D eigenvalue weighted by atomic mass is 19.1. The second-order valence-electron chi connectivity index (χ2n) is 7.23. The molecule has 0 spiro atoms. The summed E-state index contributed by atoms with van der Waals surface area (Å²) in [6, 6.07) is 4.90. The summed E-state index contributed by atoms with van der Waals surface area (Å²) in [4.78, 5) is 16.5. The fourth-order valence-electron chi connectivity index (χ4n) is 3.87. The van der Waals surface area contributed by atoms with Crippen molar-refractivity contribution in [1.82, 2.24) is 9.80 Å². The summed E-state index contributed by atoms with van der Waals surface area (Å²) in [5.74, 6) is 1.24. The SMILES string of the molecule is COc1ccc(F)c(CN2CCC[C@@H](CCC(=O)N3CCOCC3)C2)c1. The van der Waals surface area contributed by atoms with Crippen LogP contribution in [0.4, 0.5) is 4.39 Å². The van der Waals surface area contributed by atoms with Crippen molar-refractivity contribution in [2.24, 2.45) is 5.92 Å². The van der Waals surface area contributed by atoms with Crippen molar-refractivity contribution in [3.8, 4) is 5.75 Å². The smallest absolute Gasteiger partial charge is 0.222 e. The quantitative estimate of drug-likeness (QED) is 0.778. The fourth-order valence-corrected chi connectivity index (χ4v) is 3.87. The normalized spacial score (nSPS) is 21.6. The maximum absolute atomic E-state index is 14.1. The van der Waals surface area contributed by atoms with Crippen molar-refractivity contribution in [3.05, 3.63) is 29.6 Å². The van der Waals surface area contributed by atoms with Gasteiger partial charge in [0.2, 0.25) is 5.91 Å². The van der Waals surface area contributed by atoms with E-state index in [1.165, 1.54) is 6.07 Å². The summed E-state index contributed by atoms with van der Waals surface area (Å²) in [6.07, 6.45) is 3.76. The van der Waals surface area contributed by atoms with E-state index in [0.717, 1.165) is 32.4 Å². The summed E-state index contributed by atoms with van der Waals surface area (Å²) in [6.45, 7) is 5.22. The van der Waals surface area contributed by atoms with E-state index in [1.807, 2.05) is 4.90 Å². The maximum Gasteiger partial charge on any atom is 0.222 e. The number of ether oxygens (including phenoxy) is 2. The number of carbonyl (C=O) groups excluding carboxylic acids is 1. The summed E-state index contributed by atoms with van der Waals surface area (Å²) < 4.78 is 24.6. The molecule has 0 N–H and O–H groups in total. The zero-order valence-electron chi connectivity index (χ0n) is 15.6. The van der Waals surface area contributed by atoms with Gasteiger partial charge in [-0.1, -0.05) is 0 Å². The topological polar surface area (TPSA) is 42.0 Å². The highest BCUT2D eigenvalue weighted by Crippen LogP contribution is 2.25. The minimum atomic E-state index is -0.185. The van der Waals surface area contributed by atoms with Gasteiger partial charge < -0.3 is 14.4 Å². The number of rotatable bonds is 6. The first-order valence-corrected chi connectivity index (χ1v) is 9.56. The first kappa shape index (κ1) is 19.1. The van der Waals surface area contributed by atoms with E-state index in [9.17, 15) is 9.18 Å². The molecular formula is C20H29FN2O3. The van der Waals surface area contributed by atoms with Gasteiger partial charge in [-0.2, -0.15) is 0 Å². The Morgan fingerprint density at radius 3 is 2.88 bits per heavy atom. The molecule has 2 saturated heterocycles. The van der Waals surface area contributed by atoms with Crippen LogP contribution in [-0.4, -0.2) is 62.2 Å². The van der Waals surface area contributed by atoms with Gasteiger partial charge in [-0.25, -0.2) is 4.39 Å². The molecule has 5 nitrogen and oxygen atoms in total. The van der Waals surface area contributed by atoms with Crippen LogP contribution in [0.5, 0.6) is 5.75 Å². The van der Waals surface area contributed by atoms with Crippen molar-refractivity contribution >= 4 is 5.91 Å². The summed E-state index contributed by atoms with van der Waals surface area (Å²) >= 11 is 0.